The van der Waals surface area contributed by atoms with E-state index in [1.54, 1.807) is 0 Å². The maximum atomic E-state index is 5.87. The molecule has 0 bridgehead atoms. The molecule has 0 spiro atoms. The zero-order valence-corrected chi connectivity index (χ0v) is 13.6. The maximum Gasteiger partial charge on any atom is 0.0513 e. The predicted molar refractivity (Wildman–Crippen MR) is 86.8 cm³/mol. The largest absolute Gasteiger partial charge is 0.368 e. The number of anilines is 1. The van der Waals surface area contributed by atoms with E-state index in [0.717, 1.165) is 6.42 Å². The highest BCUT2D eigenvalue weighted by molar-refractivity contribution is 9.10. The Morgan fingerprint density at radius 3 is 2.84 bits per heavy atom. The van der Waals surface area contributed by atoms with Gasteiger partial charge in [-0.3, -0.25) is 0 Å². The average Bonchev–Trinajstić information content (AvgIpc) is 2.38. The van der Waals surface area contributed by atoms with Gasteiger partial charge >= 0.3 is 0 Å². The van der Waals surface area contributed by atoms with Gasteiger partial charge in [-0.05, 0) is 72.7 Å². The van der Waals surface area contributed by atoms with Crippen molar-refractivity contribution in [2.75, 3.05) is 11.4 Å². The fraction of sp³-hybridized carbons (Fsp3) is 0.625. The van der Waals surface area contributed by atoms with Crippen LogP contribution in [0.5, 0.6) is 0 Å². The van der Waals surface area contributed by atoms with Crippen LogP contribution >= 0.6 is 15.9 Å². The van der Waals surface area contributed by atoms with Crippen LogP contribution < -0.4 is 10.6 Å². The summed E-state index contributed by atoms with van der Waals surface area (Å²) in [7, 11) is 0. The van der Waals surface area contributed by atoms with Crippen LogP contribution in [0, 0.1) is 0 Å². The molecule has 1 aliphatic heterocycles. The fourth-order valence-corrected chi connectivity index (χ4v) is 3.68. The molecule has 1 saturated heterocycles. The quantitative estimate of drug-likeness (QED) is 0.903. The number of hydrogen-bond acceptors (Lipinski definition) is 2. The summed E-state index contributed by atoms with van der Waals surface area (Å²) in [6, 6.07) is 7.64. The molecule has 2 unspecified atom stereocenters. The topological polar surface area (TPSA) is 29.3 Å². The molecule has 1 aromatic rings. The van der Waals surface area contributed by atoms with E-state index in [-0.39, 0.29) is 6.04 Å². The van der Waals surface area contributed by atoms with E-state index in [0.29, 0.717) is 6.04 Å². The summed E-state index contributed by atoms with van der Waals surface area (Å²) in [5, 5.41) is 0. The van der Waals surface area contributed by atoms with Gasteiger partial charge in [-0.15, -0.1) is 0 Å². The summed E-state index contributed by atoms with van der Waals surface area (Å²) in [4.78, 5) is 2.57. The molecule has 19 heavy (non-hydrogen) atoms. The van der Waals surface area contributed by atoms with Crippen molar-refractivity contribution >= 4 is 21.6 Å². The molecule has 1 aliphatic rings. The Kier molecular flexibility index (Phi) is 5.28. The molecule has 1 heterocycles. The van der Waals surface area contributed by atoms with Gasteiger partial charge in [0.15, 0.2) is 0 Å². The van der Waals surface area contributed by atoms with Gasteiger partial charge in [0, 0.05) is 23.1 Å². The highest BCUT2D eigenvalue weighted by Gasteiger charge is 2.22. The minimum absolute atomic E-state index is 0.219. The number of piperidine rings is 1. The monoisotopic (exact) mass is 324 g/mol. The van der Waals surface area contributed by atoms with Crippen molar-refractivity contribution in [2.45, 2.75) is 58.0 Å². The molecule has 2 N–H and O–H groups in total. The lowest BCUT2D eigenvalue weighted by atomic mass is 9.98. The van der Waals surface area contributed by atoms with Crippen molar-refractivity contribution in [1.82, 2.24) is 0 Å². The van der Waals surface area contributed by atoms with Gasteiger partial charge in [-0.2, -0.15) is 0 Å². The Bertz CT molecular complexity index is 417. The van der Waals surface area contributed by atoms with Crippen molar-refractivity contribution in [3.8, 4) is 0 Å². The lowest BCUT2D eigenvalue weighted by Gasteiger charge is -2.38. The van der Waals surface area contributed by atoms with Gasteiger partial charge in [-0.25, -0.2) is 0 Å². The number of halogens is 1. The first-order valence-electron chi connectivity index (χ1n) is 7.42. The molecule has 0 saturated carbocycles. The van der Waals surface area contributed by atoms with E-state index in [4.69, 9.17) is 5.73 Å². The molecule has 0 radical (unpaired) electrons. The molecular weight excluding hydrogens is 300 g/mol. The third-order valence-corrected chi connectivity index (χ3v) is 4.61. The Balaban J connectivity index is 2.19. The van der Waals surface area contributed by atoms with Gasteiger partial charge in [-0.1, -0.05) is 13.0 Å². The van der Waals surface area contributed by atoms with Gasteiger partial charge in [0.05, 0.1) is 5.69 Å². The maximum absolute atomic E-state index is 5.87. The van der Waals surface area contributed by atoms with Gasteiger partial charge in [0.2, 0.25) is 0 Å². The van der Waals surface area contributed by atoms with Gasteiger partial charge in [0.1, 0.15) is 0 Å². The van der Waals surface area contributed by atoms with E-state index >= 15 is 0 Å². The average molecular weight is 325 g/mol. The number of rotatable bonds is 4. The molecular formula is C16H25BrN2. The second-order valence-corrected chi connectivity index (χ2v) is 6.57. The van der Waals surface area contributed by atoms with Crippen molar-refractivity contribution < 1.29 is 0 Å². The Morgan fingerprint density at radius 1 is 1.42 bits per heavy atom. The van der Waals surface area contributed by atoms with Crippen LogP contribution in [0.15, 0.2) is 22.7 Å². The Labute approximate surface area is 125 Å². The Hall–Kier alpha value is -0.540. The van der Waals surface area contributed by atoms with Gasteiger partial charge < -0.3 is 10.6 Å². The van der Waals surface area contributed by atoms with Crippen LogP contribution in [0.1, 0.15) is 45.1 Å². The molecule has 0 aromatic heterocycles. The summed E-state index contributed by atoms with van der Waals surface area (Å²) in [5.41, 5.74) is 8.54. The number of nitrogens with zero attached hydrogens (tertiary/aromatic N) is 1. The van der Waals surface area contributed by atoms with Crippen LogP contribution in [0.2, 0.25) is 0 Å². The first kappa shape index (κ1) is 14.9. The normalized spacial score (nSPS) is 21.5. The minimum atomic E-state index is 0.219. The molecule has 0 amide bonds. The van der Waals surface area contributed by atoms with Crippen molar-refractivity contribution in [3.63, 3.8) is 0 Å². The first-order valence-corrected chi connectivity index (χ1v) is 8.21. The highest BCUT2D eigenvalue weighted by Crippen LogP contribution is 2.33. The summed E-state index contributed by atoms with van der Waals surface area (Å²) >= 11 is 3.75. The number of benzene rings is 1. The van der Waals surface area contributed by atoms with Crippen LogP contribution in [0.25, 0.3) is 0 Å². The summed E-state index contributed by atoms with van der Waals surface area (Å²) in [6.07, 6.45) is 6.18. The zero-order valence-electron chi connectivity index (χ0n) is 12.0. The van der Waals surface area contributed by atoms with Crippen molar-refractivity contribution in [2.24, 2.45) is 5.73 Å². The standard InChI is InChI=1S/C16H25BrN2/c1-3-14-6-4-5-9-19(14)16-8-7-13(10-12(2)18)11-15(16)17/h7-8,11-12,14H,3-6,9-10,18H2,1-2H3. The van der Waals surface area contributed by atoms with Crippen LogP contribution in [-0.4, -0.2) is 18.6 Å². The second kappa shape index (κ2) is 6.76. The third-order valence-electron chi connectivity index (χ3n) is 3.98. The van der Waals surface area contributed by atoms with Crippen LogP contribution in [0.3, 0.4) is 0 Å². The summed E-state index contributed by atoms with van der Waals surface area (Å²) in [5.74, 6) is 0. The molecule has 1 fully saturated rings. The lowest BCUT2D eigenvalue weighted by Crippen LogP contribution is -2.39. The highest BCUT2D eigenvalue weighted by atomic mass is 79.9. The summed E-state index contributed by atoms with van der Waals surface area (Å²) < 4.78 is 1.21. The van der Waals surface area contributed by atoms with Crippen LogP contribution in [-0.2, 0) is 6.42 Å². The van der Waals surface area contributed by atoms with E-state index in [9.17, 15) is 0 Å². The smallest absolute Gasteiger partial charge is 0.0513 e. The second-order valence-electron chi connectivity index (χ2n) is 5.72. The van der Waals surface area contributed by atoms with E-state index in [1.165, 1.54) is 48.0 Å². The van der Waals surface area contributed by atoms with Crippen molar-refractivity contribution in [3.05, 3.63) is 28.2 Å². The number of hydrogen-bond donors (Lipinski definition) is 1. The SMILES string of the molecule is CCC1CCCCN1c1ccc(CC(C)N)cc1Br. The van der Waals surface area contributed by atoms with E-state index < -0.39 is 0 Å². The fourth-order valence-electron chi connectivity index (χ4n) is 3.02. The lowest BCUT2D eigenvalue weighted by molar-refractivity contribution is 0.449. The first-order chi connectivity index (χ1) is 9.11. The van der Waals surface area contributed by atoms with Crippen molar-refractivity contribution in [1.29, 1.82) is 0 Å². The molecule has 2 rings (SSSR count). The van der Waals surface area contributed by atoms with E-state index in [2.05, 4.69) is 52.9 Å². The third kappa shape index (κ3) is 3.73. The van der Waals surface area contributed by atoms with Crippen LogP contribution in [0.4, 0.5) is 5.69 Å². The zero-order chi connectivity index (χ0) is 13.8. The van der Waals surface area contributed by atoms with Gasteiger partial charge in [0.25, 0.3) is 0 Å². The molecule has 2 nitrogen and oxygen atoms in total. The molecule has 3 heteroatoms. The number of nitrogens with two attached hydrogens (primary N) is 1. The Morgan fingerprint density at radius 2 is 2.21 bits per heavy atom. The predicted octanol–water partition coefficient (Wildman–Crippen LogP) is 4.11. The molecule has 106 valence electrons. The molecule has 1 aromatic carbocycles. The minimum Gasteiger partial charge on any atom is -0.368 e. The molecule has 0 aliphatic carbocycles. The molecule has 2 atom stereocenters. The van der Waals surface area contributed by atoms with E-state index in [1.807, 2.05) is 0 Å². The summed E-state index contributed by atoms with van der Waals surface area (Å²) in [6.45, 7) is 5.53.